The fourth-order valence-corrected chi connectivity index (χ4v) is 2.39. The summed E-state index contributed by atoms with van der Waals surface area (Å²) in [5.74, 6) is -1.29. The molecule has 0 N–H and O–H groups in total. The summed E-state index contributed by atoms with van der Waals surface area (Å²) in [6.45, 7) is 2.07. The Morgan fingerprint density at radius 2 is 2.00 bits per heavy atom. The van der Waals surface area contributed by atoms with Crippen LogP contribution in [-0.4, -0.2) is 39.4 Å². The first-order valence-corrected chi connectivity index (χ1v) is 6.67. The molecule has 0 aliphatic carbocycles. The van der Waals surface area contributed by atoms with E-state index in [9.17, 15) is 9.59 Å². The minimum atomic E-state index is -0.928. The second-order valence-corrected chi connectivity index (χ2v) is 4.58. The number of esters is 2. The Morgan fingerprint density at radius 3 is 2.62 bits per heavy atom. The molecular formula is C15H18O6. The van der Waals surface area contributed by atoms with E-state index in [1.54, 1.807) is 32.2 Å². The van der Waals surface area contributed by atoms with E-state index in [0.717, 1.165) is 5.56 Å². The third kappa shape index (κ3) is 2.94. The van der Waals surface area contributed by atoms with Crippen LogP contribution in [0, 0.1) is 5.92 Å². The highest BCUT2D eigenvalue weighted by atomic mass is 16.6. The fraction of sp³-hybridized carbons (Fsp3) is 0.467. The van der Waals surface area contributed by atoms with Crippen LogP contribution in [-0.2, 0) is 19.1 Å². The summed E-state index contributed by atoms with van der Waals surface area (Å²) in [7, 11) is 3.07. The van der Waals surface area contributed by atoms with Gasteiger partial charge in [0.2, 0.25) is 0 Å². The summed E-state index contributed by atoms with van der Waals surface area (Å²) in [5.41, 5.74) is 0.775. The van der Waals surface area contributed by atoms with E-state index in [0.29, 0.717) is 11.5 Å². The predicted molar refractivity (Wildman–Crippen MR) is 73.4 cm³/mol. The second kappa shape index (κ2) is 6.47. The molecular weight excluding hydrogens is 276 g/mol. The normalized spacial score (nSPS) is 20.8. The number of rotatable bonds is 5. The van der Waals surface area contributed by atoms with Crippen molar-refractivity contribution < 1.29 is 28.5 Å². The Balaban J connectivity index is 2.31. The van der Waals surface area contributed by atoms with Crippen molar-refractivity contribution in [3.8, 4) is 11.5 Å². The lowest BCUT2D eigenvalue weighted by Crippen LogP contribution is -2.26. The van der Waals surface area contributed by atoms with Crippen molar-refractivity contribution in [3.63, 3.8) is 0 Å². The summed E-state index contributed by atoms with van der Waals surface area (Å²) in [6.07, 6.45) is 0. The Hall–Kier alpha value is -2.24. The molecule has 1 aromatic rings. The number of methoxy groups -OCH3 is 2. The Bertz CT molecular complexity index is 539. The van der Waals surface area contributed by atoms with Crippen LogP contribution in [0.3, 0.4) is 0 Å². The van der Waals surface area contributed by atoms with Gasteiger partial charge in [0.25, 0.3) is 0 Å². The first kappa shape index (κ1) is 15.2. The molecule has 1 aromatic carbocycles. The van der Waals surface area contributed by atoms with Gasteiger partial charge in [-0.15, -0.1) is 0 Å². The van der Waals surface area contributed by atoms with Crippen molar-refractivity contribution in [1.82, 2.24) is 0 Å². The molecule has 1 saturated heterocycles. The van der Waals surface area contributed by atoms with E-state index < -0.39 is 17.9 Å². The van der Waals surface area contributed by atoms with Gasteiger partial charge < -0.3 is 18.9 Å². The molecule has 2 rings (SSSR count). The molecule has 1 heterocycles. The van der Waals surface area contributed by atoms with Crippen LogP contribution in [0.25, 0.3) is 0 Å². The highest BCUT2D eigenvalue weighted by Gasteiger charge is 2.44. The molecule has 0 bridgehead atoms. The van der Waals surface area contributed by atoms with Gasteiger partial charge in [-0.1, -0.05) is 6.07 Å². The molecule has 1 aliphatic rings. The molecule has 114 valence electrons. The summed E-state index contributed by atoms with van der Waals surface area (Å²) in [5, 5.41) is 0. The molecule has 6 nitrogen and oxygen atoms in total. The molecule has 0 saturated carbocycles. The number of carbonyl (C=O) groups excluding carboxylic acids is 2. The molecule has 0 radical (unpaired) electrons. The van der Waals surface area contributed by atoms with Crippen LogP contribution in [0.15, 0.2) is 18.2 Å². The van der Waals surface area contributed by atoms with Crippen LogP contribution >= 0.6 is 0 Å². The third-order valence-electron chi connectivity index (χ3n) is 3.44. The fourth-order valence-electron chi connectivity index (χ4n) is 2.39. The summed E-state index contributed by atoms with van der Waals surface area (Å²) < 4.78 is 20.4. The first-order valence-electron chi connectivity index (χ1n) is 6.67. The van der Waals surface area contributed by atoms with Crippen molar-refractivity contribution in [2.45, 2.75) is 12.8 Å². The van der Waals surface area contributed by atoms with Crippen molar-refractivity contribution in [3.05, 3.63) is 23.8 Å². The topological polar surface area (TPSA) is 71.1 Å². The van der Waals surface area contributed by atoms with Gasteiger partial charge >= 0.3 is 11.9 Å². The van der Waals surface area contributed by atoms with Gasteiger partial charge in [-0.2, -0.15) is 0 Å². The number of hydrogen-bond acceptors (Lipinski definition) is 6. The number of carbonyl (C=O) groups is 2. The largest absolute Gasteiger partial charge is 0.493 e. The molecule has 21 heavy (non-hydrogen) atoms. The maximum Gasteiger partial charge on any atom is 0.321 e. The van der Waals surface area contributed by atoms with Gasteiger partial charge in [0.1, 0.15) is 0 Å². The van der Waals surface area contributed by atoms with E-state index in [-0.39, 0.29) is 19.1 Å². The average Bonchev–Trinajstić information content (AvgIpc) is 2.88. The maximum atomic E-state index is 11.9. The van der Waals surface area contributed by atoms with E-state index in [1.807, 2.05) is 0 Å². The summed E-state index contributed by atoms with van der Waals surface area (Å²) in [4.78, 5) is 23.7. The SMILES string of the molecule is CCOC(=O)[C@@H]1C(=O)OC[C@@H]1c1ccc(OC)c(OC)c1. The molecule has 1 fully saturated rings. The Morgan fingerprint density at radius 1 is 1.29 bits per heavy atom. The van der Waals surface area contributed by atoms with Gasteiger partial charge in [-0.3, -0.25) is 9.59 Å². The number of hydrogen-bond donors (Lipinski definition) is 0. The summed E-state index contributed by atoms with van der Waals surface area (Å²) >= 11 is 0. The third-order valence-corrected chi connectivity index (χ3v) is 3.44. The summed E-state index contributed by atoms with van der Waals surface area (Å²) in [6, 6.07) is 5.27. The lowest BCUT2D eigenvalue weighted by atomic mass is 9.88. The monoisotopic (exact) mass is 294 g/mol. The van der Waals surface area contributed by atoms with Crippen LogP contribution in [0.1, 0.15) is 18.4 Å². The predicted octanol–water partition coefficient (Wildman–Crippen LogP) is 1.52. The molecule has 0 amide bonds. The highest BCUT2D eigenvalue weighted by Crippen LogP contribution is 2.37. The zero-order chi connectivity index (χ0) is 15.4. The van der Waals surface area contributed by atoms with Crippen molar-refractivity contribution in [1.29, 1.82) is 0 Å². The number of cyclic esters (lactones) is 1. The van der Waals surface area contributed by atoms with Gasteiger partial charge in [0.15, 0.2) is 17.4 Å². The van der Waals surface area contributed by atoms with Gasteiger partial charge in [0, 0.05) is 5.92 Å². The van der Waals surface area contributed by atoms with E-state index in [1.165, 1.54) is 7.11 Å². The van der Waals surface area contributed by atoms with Crippen LogP contribution in [0.4, 0.5) is 0 Å². The minimum absolute atomic E-state index is 0.151. The van der Waals surface area contributed by atoms with Crippen molar-refractivity contribution in [2.75, 3.05) is 27.4 Å². The Labute approximate surface area is 122 Å². The molecule has 1 aliphatic heterocycles. The smallest absolute Gasteiger partial charge is 0.321 e. The van der Waals surface area contributed by atoms with Crippen molar-refractivity contribution >= 4 is 11.9 Å². The number of benzene rings is 1. The minimum Gasteiger partial charge on any atom is -0.493 e. The molecule has 0 spiro atoms. The lowest BCUT2D eigenvalue weighted by molar-refractivity contribution is -0.155. The number of ether oxygens (including phenoxy) is 4. The quantitative estimate of drug-likeness (QED) is 0.606. The van der Waals surface area contributed by atoms with Gasteiger partial charge in [-0.25, -0.2) is 0 Å². The van der Waals surface area contributed by atoms with Gasteiger partial charge in [-0.05, 0) is 24.6 Å². The molecule has 0 unspecified atom stereocenters. The molecule has 6 heteroatoms. The molecule has 2 atom stereocenters. The maximum absolute atomic E-state index is 11.9. The van der Waals surface area contributed by atoms with E-state index in [4.69, 9.17) is 18.9 Å². The Kier molecular flexibility index (Phi) is 4.67. The zero-order valence-electron chi connectivity index (χ0n) is 12.3. The first-order chi connectivity index (χ1) is 10.1. The molecule has 0 aromatic heterocycles. The highest BCUT2D eigenvalue weighted by molar-refractivity contribution is 5.97. The van der Waals surface area contributed by atoms with Crippen molar-refractivity contribution in [2.24, 2.45) is 5.92 Å². The van der Waals surface area contributed by atoms with E-state index in [2.05, 4.69) is 0 Å². The van der Waals surface area contributed by atoms with Gasteiger partial charge in [0.05, 0.1) is 27.4 Å². The second-order valence-electron chi connectivity index (χ2n) is 4.58. The standard InChI is InChI=1S/C15H18O6/c1-4-20-14(16)13-10(8-21-15(13)17)9-5-6-11(18-2)12(7-9)19-3/h5-7,10,13H,4,8H2,1-3H3/t10-,13-/m1/s1. The average molecular weight is 294 g/mol. The van der Waals surface area contributed by atoms with Crippen LogP contribution in [0.5, 0.6) is 11.5 Å². The lowest BCUT2D eigenvalue weighted by Gasteiger charge is -2.16. The van der Waals surface area contributed by atoms with Crippen LogP contribution in [0.2, 0.25) is 0 Å². The van der Waals surface area contributed by atoms with Crippen LogP contribution < -0.4 is 9.47 Å². The zero-order valence-corrected chi connectivity index (χ0v) is 12.3. The van der Waals surface area contributed by atoms with E-state index >= 15 is 0 Å².